The predicted molar refractivity (Wildman–Crippen MR) is 173 cm³/mol. The molecule has 42 heavy (non-hydrogen) atoms. The summed E-state index contributed by atoms with van der Waals surface area (Å²) in [5, 5.41) is 16.2. The monoisotopic (exact) mass is 533 g/mol. The Hall–Kier alpha value is -5.85. The third-order valence-corrected chi connectivity index (χ3v) is 8.11. The van der Waals surface area contributed by atoms with E-state index in [4.69, 9.17) is 4.98 Å². The van der Waals surface area contributed by atoms with Crippen molar-refractivity contribution in [3.8, 4) is 39.6 Å². The first kappa shape index (κ1) is 24.0. The quantitative estimate of drug-likeness (QED) is 0.212. The van der Waals surface area contributed by atoms with Gasteiger partial charge >= 0.3 is 0 Å². The Morgan fingerprint density at radius 3 is 2.02 bits per heavy atom. The van der Waals surface area contributed by atoms with Crippen LogP contribution in [0.5, 0.6) is 0 Å². The van der Waals surface area contributed by atoms with Gasteiger partial charge in [0.15, 0.2) is 0 Å². The molecule has 2 aromatic heterocycles. The van der Waals surface area contributed by atoms with Crippen LogP contribution in [0, 0.1) is 11.3 Å². The Morgan fingerprint density at radius 1 is 0.500 bits per heavy atom. The van der Waals surface area contributed by atoms with E-state index in [1.807, 2.05) is 36.5 Å². The molecule has 0 N–H and O–H groups in total. The zero-order valence-electron chi connectivity index (χ0n) is 22.6. The number of benzene rings is 6. The molecule has 194 valence electrons. The van der Waals surface area contributed by atoms with Gasteiger partial charge < -0.3 is 0 Å². The van der Waals surface area contributed by atoms with E-state index in [2.05, 4.69) is 114 Å². The van der Waals surface area contributed by atoms with Gasteiger partial charge in [-0.3, -0.25) is 4.98 Å². The van der Waals surface area contributed by atoms with Crippen molar-refractivity contribution in [3.05, 3.63) is 145 Å². The second-order valence-corrected chi connectivity index (χ2v) is 10.6. The number of aromatic nitrogens is 2. The van der Waals surface area contributed by atoms with E-state index in [0.717, 1.165) is 55.1 Å². The van der Waals surface area contributed by atoms with Crippen LogP contribution in [0.15, 0.2) is 140 Å². The molecule has 0 bridgehead atoms. The highest BCUT2D eigenvalue weighted by Gasteiger charge is 2.13. The van der Waals surface area contributed by atoms with E-state index in [0.29, 0.717) is 5.56 Å². The summed E-state index contributed by atoms with van der Waals surface area (Å²) in [5.41, 5.74) is 9.06. The lowest BCUT2D eigenvalue weighted by Crippen LogP contribution is -1.90. The lowest BCUT2D eigenvalue weighted by molar-refractivity contribution is 1.37. The second kappa shape index (κ2) is 9.66. The van der Waals surface area contributed by atoms with Crippen LogP contribution in [0.4, 0.5) is 0 Å². The van der Waals surface area contributed by atoms with Crippen LogP contribution < -0.4 is 0 Å². The van der Waals surface area contributed by atoms with E-state index in [1.165, 1.54) is 21.7 Å². The molecule has 0 saturated heterocycles. The van der Waals surface area contributed by atoms with Crippen LogP contribution in [0.3, 0.4) is 0 Å². The van der Waals surface area contributed by atoms with Crippen molar-refractivity contribution in [3.63, 3.8) is 0 Å². The molecule has 0 radical (unpaired) electrons. The Kier molecular flexibility index (Phi) is 5.52. The molecule has 0 fully saturated rings. The van der Waals surface area contributed by atoms with Crippen LogP contribution >= 0.6 is 0 Å². The van der Waals surface area contributed by atoms with Crippen molar-refractivity contribution in [2.45, 2.75) is 0 Å². The SMILES string of the molecule is N#Cc1ccc(-c2c(-c3ccc4ccc(-c5ccc6ccc7cccnc7c6n5)cc4c3)ccc3ccccc23)cc1. The van der Waals surface area contributed by atoms with Crippen LogP contribution in [0.1, 0.15) is 5.56 Å². The highest BCUT2D eigenvalue weighted by molar-refractivity contribution is 6.06. The first-order chi connectivity index (χ1) is 20.7. The lowest BCUT2D eigenvalue weighted by atomic mass is 9.88. The average Bonchev–Trinajstić information content (AvgIpc) is 3.07. The maximum atomic E-state index is 9.35. The van der Waals surface area contributed by atoms with Crippen molar-refractivity contribution in [1.82, 2.24) is 9.97 Å². The fourth-order valence-corrected chi connectivity index (χ4v) is 5.99. The third kappa shape index (κ3) is 3.98. The maximum absolute atomic E-state index is 9.35. The van der Waals surface area contributed by atoms with Crippen molar-refractivity contribution in [2.75, 3.05) is 0 Å². The zero-order chi connectivity index (χ0) is 28.0. The summed E-state index contributed by atoms with van der Waals surface area (Å²) in [5.74, 6) is 0. The van der Waals surface area contributed by atoms with Gasteiger partial charge in [0.25, 0.3) is 0 Å². The summed E-state index contributed by atoms with van der Waals surface area (Å²) in [4.78, 5) is 9.70. The fraction of sp³-hybridized carbons (Fsp3) is 0. The lowest BCUT2D eigenvalue weighted by Gasteiger charge is -2.15. The summed E-state index contributed by atoms with van der Waals surface area (Å²) in [6.45, 7) is 0. The molecule has 0 amide bonds. The topological polar surface area (TPSA) is 49.6 Å². The largest absolute Gasteiger partial charge is 0.254 e. The highest BCUT2D eigenvalue weighted by atomic mass is 14.7. The zero-order valence-corrected chi connectivity index (χ0v) is 22.6. The van der Waals surface area contributed by atoms with E-state index in [1.54, 1.807) is 0 Å². The molecule has 0 atom stereocenters. The Balaban J connectivity index is 1.29. The molecule has 2 heterocycles. The third-order valence-electron chi connectivity index (χ3n) is 8.11. The number of rotatable bonds is 3. The van der Waals surface area contributed by atoms with Crippen molar-refractivity contribution < 1.29 is 0 Å². The minimum absolute atomic E-state index is 0.657. The van der Waals surface area contributed by atoms with Gasteiger partial charge in [0.05, 0.1) is 28.4 Å². The highest BCUT2D eigenvalue weighted by Crippen LogP contribution is 2.39. The van der Waals surface area contributed by atoms with Gasteiger partial charge in [0.1, 0.15) is 0 Å². The van der Waals surface area contributed by atoms with E-state index in [9.17, 15) is 5.26 Å². The van der Waals surface area contributed by atoms with Gasteiger partial charge in [0.2, 0.25) is 0 Å². The molecule has 8 aromatic rings. The molecule has 0 unspecified atom stereocenters. The Bertz CT molecular complexity index is 2360. The van der Waals surface area contributed by atoms with Gasteiger partial charge in [0, 0.05) is 22.5 Å². The van der Waals surface area contributed by atoms with E-state index < -0.39 is 0 Å². The van der Waals surface area contributed by atoms with E-state index >= 15 is 0 Å². The van der Waals surface area contributed by atoms with Crippen LogP contribution in [0.2, 0.25) is 0 Å². The van der Waals surface area contributed by atoms with Crippen LogP contribution in [-0.4, -0.2) is 9.97 Å². The van der Waals surface area contributed by atoms with Crippen molar-refractivity contribution in [2.24, 2.45) is 0 Å². The molecule has 0 aliphatic carbocycles. The Morgan fingerprint density at radius 2 is 1.17 bits per heavy atom. The van der Waals surface area contributed by atoms with Gasteiger partial charge in [-0.15, -0.1) is 0 Å². The van der Waals surface area contributed by atoms with Gasteiger partial charge in [-0.05, 0) is 80.2 Å². The van der Waals surface area contributed by atoms with Gasteiger partial charge in [-0.1, -0.05) is 97.1 Å². The minimum atomic E-state index is 0.657. The fourth-order valence-electron chi connectivity index (χ4n) is 5.99. The normalized spacial score (nSPS) is 11.3. The molecule has 8 rings (SSSR count). The smallest absolute Gasteiger partial charge is 0.0991 e. The van der Waals surface area contributed by atoms with Gasteiger partial charge in [-0.2, -0.15) is 5.26 Å². The standard InChI is InChI=1S/C39H23N3/c40-24-25-7-9-28(10-8-25)37-34-6-2-1-4-27(34)17-19-35(37)31-15-11-26-12-16-32(23-33(26)22-31)36-20-18-30-14-13-29-5-3-21-41-38(29)39(30)42-36/h1-23H. The predicted octanol–water partition coefficient (Wildman–Crippen LogP) is 9.96. The maximum Gasteiger partial charge on any atom is 0.0991 e. The number of hydrogen-bond donors (Lipinski definition) is 0. The average molecular weight is 534 g/mol. The molecule has 0 aliphatic heterocycles. The molecular weight excluding hydrogens is 510 g/mol. The summed E-state index contributed by atoms with van der Waals surface area (Å²) in [6, 6.07) is 48.7. The molecular formula is C39H23N3. The Labute approximate surface area is 243 Å². The summed E-state index contributed by atoms with van der Waals surface area (Å²) in [6.07, 6.45) is 1.83. The molecule has 3 heteroatoms. The summed E-state index contributed by atoms with van der Waals surface area (Å²) in [7, 11) is 0. The number of nitrogens with zero attached hydrogens (tertiary/aromatic N) is 3. The minimum Gasteiger partial charge on any atom is -0.254 e. The molecule has 6 aromatic carbocycles. The van der Waals surface area contributed by atoms with Crippen molar-refractivity contribution >= 4 is 43.4 Å². The number of pyridine rings is 2. The van der Waals surface area contributed by atoms with Crippen LogP contribution in [0.25, 0.3) is 76.9 Å². The summed E-state index contributed by atoms with van der Waals surface area (Å²) < 4.78 is 0. The second-order valence-electron chi connectivity index (χ2n) is 10.6. The number of nitriles is 1. The molecule has 0 saturated carbocycles. The molecule has 3 nitrogen and oxygen atoms in total. The molecule has 0 spiro atoms. The first-order valence-electron chi connectivity index (χ1n) is 14.0. The van der Waals surface area contributed by atoms with Crippen LogP contribution in [-0.2, 0) is 0 Å². The molecule has 0 aliphatic rings. The van der Waals surface area contributed by atoms with Gasteiger partial charge in [-0.25, -0.2) is 4.98 Å². The number of fused-ring (bicyclic) bond motifs is 5. The van der Waals surface area contributed by atoms with Crippen molar-refractivity contribution in [1.29, 1.82) is 5.26 Å². The summed E-state index contributed by atoms with van der Waals surface area (Å²) >= 11 is 0. The number of hydrogen-bond acceptors (Lipinski definition) is 3. The first-order valence-corrected chi connectivity index (χ1v) is 14.0. The van der Waals surface area contributed by atoms with E-state index in [-0.39, 0.29) is 0 Å².